The van der Waals surface area contributed by atoms with Gasteiger partial charge in [-0.25, -0.2) is 0 Å². The van der Waals surface area contributed by atoms with E-state index in [9.17, 15) is 0 Å². The predicted molar refractivity (Wildman–Crippen MR) is 64.9 cm³/mol. The highest BCUT2D eigenvalue weighted by molar-refractivity contribution is 5.22. The zero-order valence-electron chi connectivity index (χ0n) is 9.10. The second-order valence-corrected chi connectivity index (χ2v) is 3.58. The van der Waals surface area contributed by atoms with Gasteiger partial charge in [-0.05, 0) is 17.7 Å². The van der Waals surface area contributed by atoms with Crippen LogP contribution in [0.3, 0.4) is 0 Å². The maximum absolute atomic E-state index is 5.27. The fourth-order valence-corrected chi connectivity index (χ4v) is 1.62. The topological polar surface area (TPSA) is 25.2 Å². The van der Waals surface area contributed by atoms with Crippen LogP contribution >= 0.6 is 0 Å². The molecule has 0 amide bonds. The second-order valence-electron chi connectivity index (χ2n) is 3.58. The molecule has 0 aliphatic carbocycles. The lowest BCUT2D eigenvalue weighted by atomic mass is 10.1. The summed E-state index contributed by atoms with van der Waals surface area (Å²) >= 11 is 0. The molecule has 82 valence electrons. The lowest BCUT2D eigenvalue weighted by Gasteiger charge is -2.13. The van der Waals surface area contributed by atoms with E-state index in [1.165, 1.54) is 5.56 Å². The van der Waals surface area contributed by atoms with Gasteiger partial charge in [-0.2, -0.15) is 0 Å². The molecule has 2 rings (SSSR count). The Morgan fingerprint density at radius 2 is 2.00 bits per heavy atom. The summed E-state index contributed by atoms with van der Waals surface area (Å²) < 4.78 is 5.27. The summed E-state index contributed by atoms with van der Waals surface area (Å²) in [5.41, 5.74) is 1.21. The van der Waals surface area contributed by atoms with E-state index in [0.29, 0.717) is 6.54 Å². The normalized spacial score (nSPS) is 12.2. The molecule has 0 aliphatic rings. The van der Waals surface area contributed by atoms with Crippen molar-refractivity contribution < 1.29 is 4.42 Å². The minimum Gasteiger partial charge on any atom is -0.468 e. The number of hydrogen-bond donors (Lipinski definition) is 1. The number of furan rings is 1. The molecule has 1 heterocycles. The van der Waals surface area contributed by atoms with Crippen molar-refractivity contribution in [3.05, 3.63) is 72.7 Å². The van der Waals surface area contributed by atoms with Crippen molar-refractivity contribution in [1.29, 1.82) is 0 Å². The molecule has 1 aromatic carbocycles. The molecule has 2 nitrogen and oxygen atoms in total. The Balaban J connectivity index is 1.99. The van der Waals surface area contributed by atoms with Gasteiger partial charge >= 0.3 is 0 Å². The van der Waals surface area contributed by atoms with Gasteiger partial charge in [0.25, 0.3) is 0 Å². The number of rotatable bonds is 5. The van der Waals surface area contributed by atoms with E-state index in [1.807, 2.05) is 36.4 Å². The summed E-state index contributed by atoms with van der Waals surface area (Å²) in [7, 11) is 0. The molecule has 1 N–H and O–H groups in total. The highest BCUT2D eigenvalue weighted by Gasteiger charge is 2.06. The Bertz CT molecular complexity index is 419. The van der Waals surface area contributed by atoms with E-state index in [0.717, 1.165) is 5.76 Å². The molecule has 0 spiro atoms. The van der Waals surface area contributed by atoms with Crippen LogP contribution in [0.2, 0.25) is 0 Å². The first-order valence-corrected chi connectivity index (χ1v) is 5.33. The molecule has 2 aromatic rings. The van der Waals surface area contributed by atoms with Crippen LogP contribution in [0.25, 0.3) is 0 Å². The Kier molecular flexibility index (Phi) is 3.57. The number of hydrogen-bond acceptors (Lipinski definition) is 2. The summed E-state index contributed by atoms with van der Waals surface area (Å²) in [6.07, 6.45) is 3.58. The molecule has 0 saturated carbocycles. The van der Waals surface area contributed by atoms with Crippen LogP contribution in [-0.4, -0.2) is 0 Å². The lowest BCUT2D eigenvalue weighted by Crippen LogP contribution is -2.18. The molecule has 0 aliphatic heterocycles. The number of nitrogens with one attached hydrogen (secondary N) is 1. The quantitative estimate of drug-likeness (QED) is 0.771. The van der Waals surface area contributed by atoms with Crippen molar-refractivity contribution >= 4 is 0 Å². The minimum absolute atomic E-state index is 0.159. The Morgan fingerprint density at radius 3 is 2.62 bits per heavy atom. The Labute approximate surface area is 95.6 Å². The highest BCUT2D eigenvalue weighted by atomic mass is 16.3. The first-order chi connectivity index (χ1) is 7.90. The van der Waals surface area contributed by atoms with Crippen molar-refractivity contribution in [1.82, 2.24) is 5.32 Å². The minimum atomic E-state index is 0.159. The van der Waals surface area contributed by atoms with Crippen LogP contribution in [0.4, 0.5) is 0 Å². The van der Waals surface area contributed by atoms with Crippen LogP contribution < -0.4 is 5.32 Å². The molecule has 0 radical (unpaired) electrons. The van der Waals surface area contributed by atoms with E-state index in [4.69, 9.17) is 4.42 Å². The second kappa shape index (κ2) is 5.33. The van der Waals surface area contributed by atoms with Gasteiger partial charge in [-0.15, -0.1) is 6.58 Å². The van der Waals surface area contributed by atoms with E-state index in [2.05, 4.69) is 24.0 Å². The van der Waals surface area contributed by atoms with E-state index < -0.39 is 0 Å². The number of benzene rings is 1. The maximum Gasteiger partial charge on any atom is 0.117 e. The predicted octanol–water partition coefficient (Wildman–Crippen LogP) is 3.30. The fraction of sp³-hybridized carbons (Fsp3) is 0.143. The van der Waals surface area contributed by atoms with Crippen LogP contribution in [0.1, 0.15) is 17.4 Å². The van der Waals surface area contributed by atoms with Crippen LogP contribution in [0.5, 0.6) is 0 Å². The molecule has 0 bridgehead atoms. The van der Waals surface area contributed by atoms with Gasteiger partial charge in [0.05, 0.1) is 18.8 Å². The Hall–Kier alpha value is -1.80. The van der Waals surface area contributed by atoms with Crippen molar-refractivity contribution in [3.63, 3.8) is 0 Å². The van der Waals surface area contributed by atoms with Gasteiger partial charge in [-0.3, -0.25) is 5.32 Å². The third-order valence-corrected chi connectivity index (χ3v) is 2.47. The van der Waals surface area contributed by atoms with Gasteiger partial charge in [0.15, 0.2) is 0 Å². The summed E-state index contributed by atoms with van der Waals surface area (Å²) in [6, 6.07) is 14.2. The van der Waals surface area contributed by atoms with Crippen LogP contribution in [0, 0.1) is 0 Å². The van der Waals surface area contributed by atoms with Gasteiger partial charge in [-0.1, -0.05) is 36.4 Å². The first kappa shape index (κ1) is 10.7. The average molecular weight is 213 g/mol. The van der Waals surface area contributed by atoms with Gasteiger partial charge in [0.1, 0.15) is 5.76 Å². The van der Waals surface area contributed by atoms with E-state index in [-0.39, 0.29) is 6.04 Å². The van der Waals surface area contributed by atoms with E-state index in [1.54, 1.807) is 6.26 Å². The molecular weight excluding hydrogens is 198 g/mol. The molecule has 0 fully saturated rings. The zero-order valence-corrected chi connectivity index (χ0v) is 9.10. The average Bonchev–Trinajstić information content (AvgIpc) is 2.84. The van der Waals surface area contributed by atoms with Crippen LogP contribution in [0.15, 0.2) is 65.8 Å². The van der Waals surface area contributed by atoms with Gasteiger partial charge < -0.3 is 4.42 Å². The van der Waals surface area contributed by atoms with Gasteiger partial charge in [0, 0.05) is 0 Å². The molecule has 16 heavy (non-hydrogen) atoms. The standard InChI is InChI=1S/C14H15NO/c1-2-14(12-7-4-3-5-8-12)15-11-13-9-6-10-16-13/h2-10,14-15H,1,11H2/t14-/m0/s1. The van der Waals surface area contributed by atoms with Gasteiger partial charge in [0.2, 0.25) is 0 Å². The molecule has 0 unspecified atom stereocenters. The van der Waals surface area contributed by atoms with Crippen molar-refractivity contribution in [2.45, 2.75) is 12.6 Å². The largest absolute Gasteiger partial charge is 0.468 e. The summed E-state index contributed by atoms with van der Waals surface area (Å²) in [5.74, 6) is 0.933. The molecule has 1 atom stereocenters. The Morgan fingerprint density at radius 1 is 1.19 bits per heavy atom. The smallest absolute Gasteiger partial charge is 0.117 e. The molecule has 1 aromatic heterocycles. The third kappa shape index (κ3) is 2.61. The van der Waals surface area contributed by atoms with Crippen molar-refractivity contribution in [2.24, 2.45) is 0 Å². The first-order valence-electron chi connectivity index (χ1n) is 5.33. The molecule has 2 heteroatoms. The molecular formula is C14H15NO. The third-order valence-electron chi connectivity index (χ3n) is 2.47. The lowest BCUT2D eigenvalue weighted by molar-refractivity contribution is 0.471. The SMILES string of the molecule is C=C[C@H](NCc1ccco1)c1ccccc1. The fourth-order valence-electron chi connectivity index (χ4n) is 1.62. The summed E-state index contributed by atoms with van der Waals surface area (Å²) in [5, 5.41) is 3.38. The van der Waals surface area contributed by atoms with Crippen molar-refractivity contribution in [3.8, 4) is 0 Å². The monoisotopic (exact) mass is 213 g/mol. The van der Waals surface area contributed by atoms with Crippen molar-refractivity contribution in [2.75, 3.05) is 0 Å². The summed E-state index contributed by atoms with van der Waals surface area (Å²) in [6.45, 7) is 4.55. The zero-order chi connectivity index (χ0) is 11.2. The van der Waals surface area contributed by atoms with Crippen LogP contribution in [-0.2, 0) is 6.54 Å². The highest BCUT2D eigenvalue weighted by Crippen LogP contribution is 2.14. The van der Waals surface area contributed by atoms with E-state index >= 15 is 0 Å². The summed E-state index contributed by atoms with van der Waals surface area (Å²) in [4.78, 5) is 0. The maximum atomic E-state index is 5.27. The molecule has 0 saturated heterocycles.